The minimum absolute atomic E-state index is 0.737. The molecule has 1 aliphatic carbocycles. The van der Waals surface area contributed by atoms with Crippen molar-refractivity contribution in [2.75, 3.05) is 9.80 Å². The maximum absolute atomic E-state index is 2.57. The molecule has 0 radical (unpaired) electrons. The van der Waals surface area contributed by atoms with Crippen LogP contribution in [0.2, 0.25) is 0 Å². The maximum atomic E-state index is 2.57. The summed E-state index contributed by atoms with van der Waals surface area (Å²) < 4.78 is 0. The zero-order chi connectivity index (χ0) is 57.8. The highest BCUT2D eigenvalue weighted by Gasteiger charge is 2.50. The van der Waals surface area contributed by atoms with Gasteiger partial charge in [-0.1, -0.05) is 260 Å². The first kappa shape index (κ1) is 51.6. The Hall–Kier alpha value is -11.1. The van der Waals surface area contributed by atoms with Crippen LogP contribution in [0, 0.1) is 6.92 Å². The number of benzene rings is 13. The van der Waals surface area contributed by atoms with Crippen molar-refractivity contribution >= 4 is 66.4 Å². The van der Waals surface area contributed by atoms with E-state index >= 15 is 0 Å². The molecule has 0 saturated heterocycles. The first-order valence-corrected chi connectivity index (χ1v) is 30.3. The number of anilines is 6. The van der Waals surface area contributed by atoms with Crippen molar-refractivity contribution in [2.45, 2.75) is 18.8 Å². The molecule has 16 rings (SSSR count). The molecule has 0 bridgehead atoms. The minimum atomic E-state index is -0.737. The van der Waals surface area contributed by atoms with Crippen LogP contribution in [0.25, 0.3) is 76.8 Å². The van der Waals surface area contributed by atoms with Gasteiger partial charge in [0, 0.05) is 22.7 Å². The standard InChI is InChI=1S/C85H60N2/c1-58-21-5-2-10-29-75(74-30-14-11-26-63(74)53-58)66-37-38-67-55-68-39-40-69(84-76-31-15-12-27-64(76)54-65-28-13-16-32-77(65)84)57-81(68)85(80(67)56-66)78-33-17-19-35-82(78)87(83-36-20-18-34-79(83)85)73-51-49-72(50-52-73)86(70-45-41-61(42-46-70)59-22-6-3-7-23-59)71-47-43-62(44-48-71)60-24-8-4-9-25-60/h2-54,56-57H,55H2,1H3. The molecule has 0 saturated carbocycles. The Morgan fingerprint density at radius 2 is 0.701 bits per heavy atom. The second-order valence-corrected chi connectivity index (χ2v) is 23.2. The molecule has 1 spiro atoms. The molecular formula is C85H60N2. The quantitative estimate of drug-likeness (QED) is 0.140. The smallest absolute Gasteiger partial charge is 0.0748 e. The predicted octanol–water partition coefficient (Wildman–Crippen LogP) is 22.8. The maximum Gasteiger partial charge on any atom is 0.0748 e. The van der Waals surface area contributed by atoms with Crippen LogP contribution in [0.4, 0.5) is 34.1 Å². The first-order valence-electron chi connectivity index (χ1n) is 30.3. The van der Waals surface area contributed by atoms with E-state index in [0.717, 1.165) is 40.5 Å². The predicted molar refractivity (Wildman–Crippen MR) is 367 cm³/mol. The highest BCUT2D eigenvalue weighted by Crippen LogP contribution is 2.61. The Morgan fingerprint density at radius 3 is 1.25 bits per heavy atom. The summed E-state index contributed by atoms with van der Waals surface area (Å²) in [4.78, 5) is 4.89. The van der Waals surface area contributed by atoms with Crippen LogP contribution in [0.5, 0.6) is 0 Å². The molecule has 14 aromatic carbocycles. The number of rotatable bonds is 8. The van der Waals surface area contributed by atoms with E-state index in [-0.39, 0.29) is 0 Å². The Kier molecular flexibility index (Phi) is 12.8. The highest BCUT2D eigenvalue weighted by atomic mass is 15.2. The van der Waals surface area contributed by atoms with Gasteiger partial charge in [0.1, 0.15) is 0 Å². The highest BCUT2D eigenvalue weighted by molar-refractivity contribution is 6.13. The van der Waals surface area contributed by atoms with Crippen LogP contribution in [0.3, 0.4) is 0 Å². The molecular weight excluding hydrogens is 1050 g/mol. The molecule has 14 aromatic rings. The topological polar surface area (TPSA) is 6.48 Å². The molecule has 410 valence electrons. The summed E-state index contributed by atoms with van der Waals surface area (Å²) in [6, 6.07) is 124. The van der Waals surface area contributed by atoms with Gasteiger partial charge in [-0.05, 0) is 202 Å². The molecule has 0 amide bonds. The molecule has 0 unspecified atom stereocenters. The van der Waals surface area contributed by atoms with E-state index in [2.05, 4.69) is 350 Å². The lowest BCUT2D eigenvalue weighted by Gasteiger charge is -2.49. The summed E-state index contributed by atoms with van der Waals surface area (Å²) in [5, 5.41) is 7.39. The normalized spacial score (nSPS) is 12.7. The SMILES string of the molecule is Cc1cccccc(-c2ccc3c(c2)C2(c4cc(-c5c6ccccc6cc6ccccc56)ccc4C3)c3ccccc3N(c3ccc(N(c4ccc(-c5ccccc5)cc4)c4ccc(-c5ccccc5)cc4)cc3)c3ccccc32)c2ccccc2c1. The lowest BCUT2D eigenvalue weighted by molar-refractivity contribution is 0.693. The van der Waals surface area contributed by atoms with E-state index in [1.807, 2.05) is 0 Å². The lowest BCUT2D eigenvalue weighted by Crippen LogP contribution is -2.41. The van der Waals surface area contributed by atoms with Gasteiger partial charge in [0.25, 0.3) is 0 Å². The van der Waals surface area contributed by atoms with E-state index in [1.165, 1.54) is 116 Å². The Labute approximate surface area is 509 Å². The van der Waals surface area contributed by atoms with Crippen molar-refractivity contribution < 1.29 is 0 Å². The summed E-state index contributed by atoms with van der Waals surface area (Å²) in [6.45, 7) is 2.18. The average Bonchev–Trinajstić information content (AvgIpc) is 0.721. The molecule has 1 aliphatic heterocycles. The van der Waals surface area contributed by atoms with Gasteiger partial charge in [0.15, 0.2) is 0 Å². The van der Waals surface area contributed by atoms with Crippen LogP contribution in [0.15, 0.2) is 334 Å². The molecule has 0 N–H and O–H groups in total. The number of fused-ring (bicyclic) bond motifs is 11. The second kappa shape index (κ2) is 21.5. The number of hydrogen-bond acceptors (Lipinski definition) is 2. The van der Waals surface area contributed by atoms with Crippen LogP contribution < -0.4 is 9.80 Å². The van der Waals surface area contributed by atoms with Gasteiger partial charge in [-0.2, -0.15) is 0 Å². The fourth-order valence-electron chi connectivity index (χ4n) is 14.3. The second-order valence-electron chi connectivity index (χ2n) is 23.2. The third kappa shape index (κ3) is 8.88. The van der Waals surface area contributed by atoms with E-state index in [0.29, 0.717) is 0 Å². The minimum Gasteiger partial charge on any atom is -0.311 e. The third-order valence-corrected chi connectivity index (χ3v) is 18.2. The van der Waals surface area contributed by atoms with E-state index < -0.39 is 5.41 Å². The van der Waals surface area contributed by atoms with Crippen molar-refractivity contribution in [3.05, 3.63) is 373 Å². The summed E-state index contributed by atoms with van der Waals surface area (Å²) >= 11 is 0. The fourth-order valence-corrected chi connectivity index (χ4v) is 14.3. The Balaban J connectivity index is 0.903. The monoisotopic (exact) mass is 1110 g/mol. The summed E-state index contributed by atoms with van der Waals surface area (Å²) in [6.07, 6.45) is 0.807. The van der Waals surface area contributed by atoms with Gasteiger partial charge in [-0.25, -0.2) is 0 Å². The van der Waals surface area contributed by atoms with E-state index in [9.17, 15) is 0 Å². The van der Waals surface area contributed by atoms with Gasteiger partial charge in [0.05, 0.1) is 16.8 Å². The van der Waals surface area contributed by atoms with Crippen LogP contribution in [-0.4, -0.2) is 0 Å². The number of aryl methyl sites for hydroxylation is 1. The molecule has 2 nitrogen and oxygen atoms in total. The summed E-state index contributed by atoms with van der Waals surface area (Å²) in [5.41, 5.74) is 24.5. The van der Waals surface area contributed by atoms with Crippen molar-refractivity contribution in [2.24, 2.45) is 0 Å². The molecule has 0 atom stereocenters. The summed E-state index contributed by atoms with van der Waals surface area (Å²) in [7, 11) is 0. The molecule has 0 aromatic heterocycles. The van der Waals surface area contributed by atoms with Gasteiger partial charge >= 0.3 is 0 Å². The zero-order valence-corrected chi connectivity index (χ0v) is 48.4. The van der Waals surface area contributed by atoms with Gasteiger partial charge < -0.3 is 9.80 Å². The Morgan fingerprint density at radius 1 is 0.299 bits per heavy atom. The van der Waals surface area contributed by atoms with E-state index in [1.54, 1.807) is 0 Å². The molecule has 1 heterocycles. The van der Waals surface area contributed by atoms with Gasteiger partial charge in [-0.3, -0.25) is 0 Å². The van der Waals surface area contributed by atoms with Crippen molar-refractivity contribution in [3.8, 4) is 44.5 Å². The van der Waals surface area contributed by atoms with Gasteiger partial charge in [0.2, 0.25) is 0 Å². The number of hydrogen-bond donors (Lipinski definition) is 0. The average molecular weight is 1110 g/mol. The van der Waals surface area contributed by atoms with E-state index in [4.69, 9.17) is 0 Å². The van der Waals surface area contributed by atoms with Crippen molar-refractivity contribution in [1.29, 1.82) is 0 Å². The third-order valence-electron chi connectivity index (χ3n) is 18.2. The van der Waals surface area contributed by atoms with Crippen molar-refractivity contribution in [3.63, 3.8) is 0 Å². The Bertz CT molecular complexity index is 4820. The molecule has 2 heteroatoms. The number of nitrogens with zero attached hydrogens (tertiary/aromatic N) is 2. The molecule has 2 aliphatic rings. The zero-order valence-electron chi connectivity index (χ0n) is 48.4. The fraction of sp³-hybridized carbons (Fsp3) is 0.0353. The largest absolute Gasteiger partial charge is 0.311 e. The lowest BCUT2D eigenvalue weighted by atomic mass is 9.57. The van der Waals surface area contributed by atoms with Crippen LogP contribution in [0.1, 0.15) is 38.9 Å². The van der Waals surface area contributed by atoms with Gasteiger partial charge in [-0.15, -0.1) is 0 Å². The summed E-state index contributed by atoms with van der Waals surface area (Å²) in [5.74, 6) is 0. The molecule has 87 heavy (non-hydrogen) atoms. The first-order chi connectivity index (χ1) is 43.0. The number of para-hydroxylation sites is 2. The van der Waals surface area contributed by atoms with Crippen molar-refractivity contribution in [1.82, 2.24) is 0 Å². The van der Waals surface area contributed by atoms with Crippen LogP contribution in [-0.2, 0) is 11.8 Å². The molecule has 0 fully saturated rings. The van der Waals surface area contributed by atoms with Crippen LogP contribution >= 0.6 is 0 Å².